The number of nitrogens with two attached hydrogens (primary N) is 1. The second-order valence-corrected chi connectivity index (χ2v) is 2.55. The Labute approximate surface area is 79.5 Å². The summed E-state index contributed by atoms with van der Waals surface area (Å²) in [6, 6.07) is 1.78. The number of anilines is 1. The lowest BCUT2D eigenvalue weighted by atomic mass is 10.2. The molecule has 0 amide bonds. The second kappa shape index (κ2) is 4.11. The van der Waals surface area contributed by atoms with Crippen molar-refractivity contribution >= 4 is 17.3 Å². The summed E-state index contributed by atoms with van der Waals surface area (Å²) in [6.45, 7) is 0. The number of benzene rings is 1. The molecule has 1 nitrogen and oxygen atoms in total. The Morgan fingerprint density at radius 2 is 2.08 bits per heavy atom. The third-order valence-electron chi connectivity index (χ3n) is 1.38. The fraction of sp³-hybridized carbons (Fsp3) is 0.111. The van der Waals surface area contributed by atoms with E-state index in [4.69, 9.17) is 17.3 Å². The van der Waals surface area contributed by atoms with Crippen LogP contribution in [0.5, 0.6) is 0 Å². The molecule has 1 aromatic rings. The first-order valence-corrected chi connectivity index (χ1v) is 3.98. The van der Waals surface area contributed by atoms with Gasteiger partial charge in [-0.3, -0.25) is 0 Å². The number of alkyl halides is 1. The lowest BCUT2D eigenvalue weighted by Crippen LogP contribution is -1.96. The monoisotopic (exact) mass is 201 g/mol. The molecule has 0 aliphatic heterocycles. The minimum Gasteiger partial charge on any atom is -0.395 e. The van der Waals surface area contributed by atoms with Crippen molar-refractivity contribution in [2.45, 2.75) is 0 Å². The summed E-state index contributed by atoms with van der Waals surface area (Å²) in [7, 11) is 0. The molecule has 0 bridgehead atoms. The molecule has 2 N–H and O–H groups in total. The van der Waals surface area contributed by atoms with Gasteiger partial charge in [0.25, 0.3) is 0 Å². The molecule has 0 unspecified atom stereocenters. The number of nitrogen functional groups attached to an aromatic ring is 1. The number of rotatable bonds is 0. The van der Waals surface area contributed by atoms with Gasteiger partial charge in [-0.25, -0.2) is 8.78 Å². The summed E-state index contributed by atoms with van der Waals surface area (Å²) < 4.78 is 25.4. The molecule has 13 heavy (non-hydrogen) atoms. The van der Waals surface area contributed by atoms with Crippen LogP contribution in [-0.2, 0) is 0 Å². The summed E-state index contributed by atoms with van der Waals surface area (Å²) in [4.78, 5) is 0. The van der Waals surface area contributed by atoms with Gasteiger partial charge in [-0.15, -0.1) is 11.6 Å². The molecular weight excluding hydrogens is 196 g/mol. The Morgan fingerprint density at radius 1 is 1.38 bits per heavy atom. The average Bonchev–Trinajstić information content (AvgIpc) is 2.09. The highest BCUT2D eigenvalue weighted by Crippen LogP contribution is 2.16. The van der Waals surface area contributed by atoms with E-state index in [0.29, 0.717) is 6.07 Å². The van der Waals surface area contributed by atoms with Crippen molar-refractivity contribution in [2.75, 3.05) is 11.6 Å². The third kappa shape index (κ3) is 2.33. The highest BCUT2D eigenvalue weighted by molar-refractivity contribution is 6.19. The topological polar surface area (TPSA) is 26.0 Å². The molecule has 0 radical (unpaired) electrons. The lowest BCUT2D eigenvalue weighted by Gasteiger charge is -1.99. The fourth-order valence-electron chi connectivity index (χ4n) is 0.817. The van der Waals surface area contributed by atoms with E-state index in [1.54, 1.807) is 0 Å². The Kier molecular flexibility index (Phi) is 3.10. The van der Waals surface area contributed by atoms with Crippen LogP contribution in [0.2, 0.25) is 0 Å². The number of halogens is 3. The van der Waals surface area contributed by atoms with Crippen LogP contribution in [-0.4, -0.2) is 5.88 Å². The molecule has 0 aliphatic rings. The van der Waals surface area contributed by atoms with Crippen molar-refractivity contribution in [1.29, 1.82) is 0 Å². The highest BCUT2D eigenvalue weighted by Gasteiger charge is 2.05. The van der Waals surface area contributed by atoms with E-state index < -0.39 is 11.6 Å². The van der Waals surface area contributed by atoms with Gasteiger partial charge in [0.2, 0.25) is 0 Å². The molecule has 0 heterocycles. The minimum atomic E-state index is -0.807. The first-order valence-electron chi connectivity index (χ1n) is 3.44. The van der Waals surface area contributed by atoms with E-state index in [1.807, 2.05) is 0 Å². The van der Waals surface area contributed by atoms with Crippen molar-refractivity contribution in [2.24, 2.45) is 0 Å². The molecule has 68 valence electrons. The zero-order valence-electron chi connectivity index (χ0n) is 6.57. The molecule has 0 atom stereocenters. The second-order valence-electron chi connectivity index (χ2n) is 2.28. The minimum absolute atomic E-state index is 0.0948. The van der Waals surface area contributed by atoms with Crippen molar-refractivity contribution in [3.8, 4) is 11.8 Å². The Hall–Kier alpha value is -1.27. The zero-order chi connectivity index (χ0) is 9.84. The lowest BCUT2D eigenvalue weighted by molar-refractivity contribution is 0.586. The highest BCUT2D eigenvalue weighted by atomic mass is 35.5. The van der Waals surface area contributed by atoms with Crippen molar-refractivity contribution in [3.05, 3.63) is 29.3 Å². The smallest absolute Gasteiger partial charge is 0.150 e. The zero-order valence-corrected chi connectivity index (χ0v) is 7.33. The summed E-state index contributed by atoms with van der Waals surface area (Å²) in [5, 5.41) is 0. The van der Waals surface area contributed by atoms with Gasteiger partial charge in [0, 0.05) is 6.07 Å². The first-order chi connectivity index (χ1) is 6.15. The van der Waals surface area contributed by atoms with Crippen LogP contribution >= 0.6 is 11.6 Å². The number of hydrogen-bond acceptors (Lipinski definition) is 1. The molecule has 0 spiro atoms. The van der Waals surface area contributed by atoms with Crippen LogP contribution in [0.25, 0.3) is 0 Å². The van der Waals surface area contributed by atoms with Crippen molar-refractivity contribution < 1.29 is 8.78 Å². The molecular formula is C9H6ClF2N. The molecule has 0 saturated carbocycles. The number of hydrogen-bond donors (Lipinski definition) is 1. The van der Waals surface area contributed by atoms with Gasteiger partial charge in [-0.05, 0) is 6.07 Å². The SMILES string of the molecule is Nc1c(F)cc(F)cc1C#CCCl. The predicted molar refractivity (Wildman–Crippen MR) is 48.4 cm³/mol. The molecule has 0 fully saturated rings. The standard InChI is InChI=1S/C9H6ClF2N/c10-3-1-2-6-4-7(11)5-8(12)9(6)13/h4-5H,3,13H2. The molecule has 0 aromatic heterocycles. The van der Waals surface area contributed by atoms with E-state index in [-0.39, 0.29) is 17.1 Å². The molecule has 0 aliphatic carbocycles. The van der Waals surface area contributed by atoms with E-state index in [2.05, 4.69) is 11.8 Å². The van der Waals surface area contributed by atoms with Crippen LogP contribution in [0.15, 0.2) is 12.1 Å². The van der Waals surface area contributed by atoms with Gasteiger partial charge in [0.1, 0.15) is 11.6 Å². The summed E-state index contributed by atoms with van der Waals surface area (Å²) in [5.41, 5.74) is 5.27. The van der Waals surface area contributed by atoms with Gasteiger partial charge in [0.15, 0.2) is 0 Å². The normalized spacial score (nSPS) is 9.15. The van der Waals surface area contributed by atoms with Gasteiger partial charge in [-0.1, -0.05) is 11.8 Å². The Bertz CT molecular complexity index is 379. The maximum Gasteiger partial charge on any atom is 0.150 e. The quantitative estimate of drug-likeness (QED) is 0.389. The fourth-order valence-corrected chi connectivity index (χ4v) is 0.884. The summed E-state index contributed by atoms with van der Waals surface area (Å²) in [6.07, 6.45) is 0. The molecule has 0 saturated heterocycles. The Morgan fingerprint density at radius 3 is 2.69 bits per heavy atom. The van der Waals surface area contributed by atoms with Crippen LogP contribution in [0.3, 0.4) is 0 Å². The molecule has 1 aromatic carbocycles. The van der Waals surface area contributed by atoms with Crippen LogP contribution in [0, 0.1) is 23.5 Å². The summed E-state index contributed by atoms with van der Waals surface area (Å²) in [5.74, 6) is 3.50. The predicted octanol–water partition coefficient (Wildman–Crippen LogP) is 2.14. The van der Waals surface area contributed by atoms with Crippen LogP contribution in [0.4, 0.5) is 14.5 Å². The van der Waals surface area contributed by atoms with Crippen LogP contribution in [0.1, 0.15) is 5.56 Å². The average molecular weight is 202 g/mol. The Balaban J connectivity index is 3.20. The van der Waals surface area contributed by atoms with Crippen molar-refractivity contribution in [1.82, 2.24) is 0 Å². The van der Waals surface area contributed by atoms with Gasteiger partial charge in [-0.2, -0.15) is 0 Å². The molecule has 4 heteroatoms. The van der Waals surface area contributed by atoms with Gasteiger partial charge < -0.3 is 5.73 Å². The van der Waals surface area contributed by atoms with E-state index in [9.17, 15) is 8.78 Å². The van der Waals surface area contributed by atoms with Gasteiger partial charge in [0.05, 0.1) is 17.1 Å². The largest absolute Gasteiger partial charge is 0.395 e. The van der Waals surface area contributed by atoms with Gasteiger partial charge >= 0.3 is 0 Å². The third-order valence-corrected chi connectivity index (χ3v) is 1.52. The van der Waals surface area contributed by atoms with Crippen molar-refractivity contribution in [3.63, 3.8) is 0 Å². The van der Waals surface area contributed by atoms with E-state index >= 15 is 0 Å². The maximum absolute atomic E-state index is 12.8. The van der Waals surface area contributed by atoms with Crippen LogP contribution < -0.4 is 5.73 Å². The van der Waals surface area contributed by atoms with E-state index in [1.165, 1.54) is 0 Å². The maximum atomic E-state index is 12.8. The summed E-state index contributed by atoms with van der Waals surface area (Å²) >= 11 is 5.28. The van der Waals surface area contributed by atoms with E-state index in [0.717, 1.165) is 6.07 Å². The first kappa shape index (κ1) is 9.82. The molecule has 1 rings (SSSR count).